The standard InChI is InChI=1S/C16H23NOS/c1-3-5-8-12-9-6-7-10-14-13(12)11-15(19-14)16(17)18-4-2/h8,11,17H,3-7,9-10H2,1-2H3/b12-8+,17-16?. The van der Waals surface area contributed by atoms with Crippen molar-refractivity contribution in [2.24, 2.45) is 0 Å². The maximum atomic E-state index is 7.94. The fourth-order valence-corrected chi connectivity index (χ4v) is 3.62. The van der Waals surface area contributed by atoms with E-state index >= 15 is 0 Å². The smallest absolute Gasteiger partial charge is 0.223 e. The van der Waals surface area contributed by atoms with Gasteiger partial charge >= 0.3 is 0 Å². The van der Waals surface area contributed by atoms with Crippen LogP contribution in [0.25, 0.3) is 5.57 Å². The van der Waals surface area contributed by atoms with Gasteiger partial charge in [0.25, 0.3) is 0 Å². The lowest BCUT2D eigenvalue weighted by Gasteiger charge is -2.04. The largest absolute Gasteiger partial charge is 0.477 e. The van der Waals surface area contributed by atoms with Gasteiger partial charge in [0.05, 0.1) is 11.5 Å². The average Bonchev–Trinajstić information content (AvgIpc) is 2.74. The van der Waals surface area contributed by atoms with Crippen LogP contribution in [0.3, 0.4) is 0 Å². The van der Waals surface area contributed by atoms with Crippen molar-refractivity contribution in [2.45, 2.75) is 52.4 Å². The lowest BCUT2D eigenvalue weighted by Crippen LogP contribution is -2.01. The predicted octanol–water partition coefficient (Wildman–Crippen LogP) is 5.02. The quantitative estimate of drug-likeness (QED) is 0.468. The van der Waals surface area contributed by atoms with E-state index in [1.165, 1.54) is 41.7 Å². The number of ether oxygens (including phenoxy) is 1. The van der Waals surface area contributed by atoms with Crippen molar-refractivity contribution in [3.63, 3.8) is 0 Å². The molecule has 0 amide bonds. The van der Waals surface area contributed by atoms with Crippen molar-refractivity contribution in [1.29, 1.82) is 5.41 Å². The first-order valence-electron chi connectivity index (χ1n) is 7.30. The van der Waals surface area contributed by atoms with E-state index in [0.29, 0.717) is 12.5 Å². The second kappa shape index (κ2) is 6.90. The van der Waals surface area contributed by atoms with Gasteiger partial charge in [0, 0.05) is 4.88 Å². The van der Waals surface area contributed by atoms with E-state index in [2.05, 4.69) is 19.1 Å². The summed E-state index contributed by atoms with van der Waals surface area (Å²) in [6.07, 6.45) is 9.64. The Labute approximate surface area is 120 Å². The molecule has 1 heterocycles. The number of hydrogen-bond acceptors (Lipinski definition) is 3. The van der Waals surface area contributed by atoms with Gasteiger partial charge in [-0.25, -0.2) is 0 Å². The molecule has 19 heavy (non-hydrogen) atoms. The fourth-order valence-electron chi connectivity index (χ4n) is 2.48. The SMILES string of the molecule is CCC/C=C1\CCCCc2sc(C(=N)OCC)cc21. The Balaban J connectivity index is 2.29. The molecule has 0 spiro atoms. The number of hydrogen-bond donors (Lipinski definition) is 1. The van der Waals surface area contributed by atoms with Gasteiger partial charge in [0.15, 0.2) is 0 Å². The molecule has 0 radical (unpaired) electrons. The predicted molar refractivity (Wildman–Crippen MR) is 83.2 cm³/mol. The minimum atomic E-state index is 0.329. The third kappa shape index (κ3) is 3.47. The Hall–Kier alpha value is -1.09. The zero-order chi connectivity index (χ0) is 13.7. The number of allylic oxidation sites excluding steroid dienone is 2. The van der Waals surface area contributed by atoms with Crippen molar-refractivity contribution >= 4 is 22.8 Å². The minimum Gasteiger partial charge on any atom is -0.477 e. The second-order valence-corrected chi connectivity index (χ2v) is 6.07. The Bertz CT molecular complexity index is 473. The number of rotatable bonds is 4. The Morgan fingerprint density at radius 1 is 1.37 bits per heavy atom. The zero-order valence-corrected chi connectivity index (χ0v) is 12.7. The summed E-state index contributed by atoms with van der Waals surface area (Å²) in [7, 11) is 0. The topological polar surface area (TPSA) is 33.1 Å². The molecule has 0 fully saturated rings. The third-order valence-electron chi connectivity index (χ3n) is 3.45. The number of fused-ring (bicyclic) bond motifs is 1. The van der Waals surface area contributed by atoms with Gasteiger partial charge in [-0.3, -0.25) is 5.41 Å². The van der Waals surface area contributed by atoms with Crippen molar-refractivity contribution < 1.29 is 4.74 Å². The minimum absolute atomic E-state index is 0.329. The van der Waals surface area contributed by atoms with Gasteiger partial charge in [0.1, 0.15) is 0 Å². The molecular formula is C16H23NOS. The molecule has 0 saturated carbocycles. The summed E-state index contributed by atoms with van der Waals surface area (Å²) in [5.41, 5.74) is 2.87. The normalized spacial score (nSPS) is 17.1. The fraction of sp³-hybridized carbons (Fsp3) is 0.562. The lowest BCUT2D eigenvalue weighted by molar-refractivity contribution is 0.326. The van der Waals surface area contributed by atoms with Gasteiger partial charge < -0.3 is 4.74 Å². The van der Waals surface area contributed by atoms with Crippen LogP contribution in [-0.4, -0.2) is 12.5 Å². The molecule has 3 heteroatoms. The summed E-state index contributed by atoms with van der Waals surface area (Å²) in [4.78, 5) is 2.43. The maximum absolute atomic E-state index is 7.94. The van der Waals surface area contributed by atoms with E-state index in [0.717, 1.165) is 17.7 Å². The Morgan fingerprint density at radius 2 is 2.16 bits per heavy atom. The van der Waals surface area contributed by atoms with Crippen LogP contribution in [0.1, 0.15) is 61.3 Å². The van der Waals surface area contributed by atoms with E-state index in [9.17, 15) is 0 Å². The Kier molecular flexibility index (Phi) is 5.20. The molecule has 0 atom stereocenters. The van der Waals surface area contributed by atoms with Gasteiger partial charge in [-0.05, 0) is 56.2 Å². The van der Waals surface area contributed by atoms with E-state index in [1.54, 1.807) is 11.3 Å². The molecule has 1 aliphatic rings. The number of aryl methyl sites for hydroxylation is 1. The average molecular weight is 277 g/mol. The molecule has 1 aromatic rings. The van der Waals surface area contributed by atoms with Crippen LogP contribution < -0.4 is 0 Å². The lowest BCUT2D eigenvalue weighted by atomic mass is 10.0. The summed E-state index contributed by atoms with van der Waals surface area (Å²) in [5.74, 6) is 0.329. The van der Waals surface area contributed by atoms with Gasteiger partial charge in [-0.2, -0.15) is 0 Å². The van der Waals surface area contributed by atoms with Crippen molar-refractivity contribution in [2.75, 3.05) is 6.61 Å². The van der Waals surface area contributed by atoms with Gasteiger partial charge in [-0.1, -0.05) is 19.4 Å². The number of nitrogens with one attached hydrogen (secondary N) is 1. The third-order valence-corrected chi connectivity index (χ3v) is 4.64. The first-order chi connectivity index (χ1) is 9.26. The van der Waals surface area contributed by atoms with Gasteiger partial charge in [0.2, 0.25) is 5.90 Å². The van der Waals surface area contributed by atoms with E-state index < -0.39 is 0 Å². The van der Waals surface area contributed by atoms with Crippen molar-refractivity contribution in [1.82, 2.24) is 0 Å². The Morgan fingerprint density at radius 3 is 2.89 bits per heavy atom. The van der Waals surface area contributed by atoms with E-state index in [4.69, 9.17) is 10.1 Å². The summed E-state index contributed by atoms with van der Waals surface area (Å²) >= 11 is 1.74. The van der Waals surface area contributed by atoms with Crippen LogP contribution >= 0.6 is 11.3 Å². The molecular weight excluding hydrogens is 254 g/mol. The highest BCUT2D eigenvalue weighted by Gasteiger charge is 2.18. The highest BCUT2D eigenvalue weighted by Crippen LogP contribution is 2.36. The van der Waals surface area contributed by atoms with Crippen LogP contribution in [0.15, 0.2) is 12.1 Å². The summed E-state index contributed by atoms with van der Waals surface area (Å²) < 4.78 is 5.33. The molecule has 0 aromatic carbocycles. The molecule has 1 aromatic heterocycles. The summed E-state index contributed by atoms with van der Waals surface area (Å²) in [6.45, 7) is 4.72. The van der Waals surface area contributed by atoms with Crippen LogP contribution in [0, 0.1) is 5.41 Å². The van der Waals surface area contributed by atoms with Crippen molar-refractivity contribution in [3.05, 3.63) is 27.5 Å². The van der Waals surface area contributed by atoms with Crippen LogP contribution in [0.4, 0.5) is 0 Å². The summed E-state index contributed by atoms with van der Waals surface area (Å²) in [5, 5.41) is 7.94. The van der Waals surface area contributed by atoms with E-state index in [1.807, 2.05) is 6.92 Å². The van der Waals surface area contributed by atoms with E-state index in [-0.39, 0.29) is 0 Å². The molecule has 0 saturated heterocycles. The van der Waals surface area contributed by atoms with Gasteiger partial charge in [-0.15, -0.1) is 11.3 Å². The van der Waals surface area contributed by atoms with Crippen LogP contribution in [0.2, 0.25) is 0 Å². The molecule has 2 rings (SSSR count). The molecule has 0 aliphatic heterocycles. The molecule has 0 bridgehead atoms. The molecule has 1 N–H and O–H groups in total. The molecule has 1 aliphatic carbocycles. The maximum Gasteiger partial charge on any atom is 0.223 e. The molecule has 0 unspecified atom stereocenters. The van der Waals surface area contributed by atoms with Crippen molar-refractivity contribution in [3.8, 4) is 0 Å². The number of unbranched alkanes of at least 4 members (excludes halogenated alkanes) is 1. The first kappa shape index (κ1) is 14.3. The monoisotopic (exact) mass is 277 g/mol. The van der Waals surface area contributed by atoms with Crippen LogP contribution in [-0.2, 0) is 11.2 Å². The highest BCUT2D eigenvalue weighted by atomic mass is 32.1. The summed E-state index contributed by atoms with van der Waals surface area (Å²) in [6, 6.07) is 2.17. The number of thiophene rings is 1. The first-order valence-corrected chi connectivity index (χ1v) is 8.11. The van der Waals surface area contributed by atoms with Crippen LogP contribution in [0.5, 0.6) is 0 Å². The zero-order valence-electron chi connectivity index (χ0n) is 11.9. The molecule has 2 nitrogen and oxygen atoms in total. The molecule has 104 valence electrons. The second-order valence-electron chi connectivity index (χ2n) is 4.93. The highest BCUT2D eigenvalue weighted by molar-refractivity contribution is 7.14.